The van der Waals surface area contributed by atoms with Gasteiger partial charge < -0.3 is 23.8 Å². The molecular weight excluding hydrogens is 492 g/mol. The minimum atomic E-state index is -0.819. The summed E-state index contributed by atoms with van der Waals surface area (Å²) in [5.74, 6) is 0.389. The number of benzene rings is 1. The summed E-state index contributed by atoms with van der Waals surface area (Å²) in [5, 5.41) is 4.13. The number of ether oxygens (including phenoxy) is 4. The van der Waals surface area contributed by atoms with E-state index in [1.165, 1.54) is 11.0 Å². The molecule has 1 aromatic carbocycles. The Kier molecular flexibility index (Phi) is 7.64. The lowest BCUT2D eigenvalue weighted by molar-refractivity contribution is -0.196. The molecule has 0 saturated carbocycles. The number of anilines is 1. The maximum absolute atomic E-state index is 14.0. The first-order valence-electron chi connectivity index (χ1n) is 12.6. The van der Waals surface area contributed by atoms with Gasteiger partial charge in [-0.15, -0.1) is 0 Å². The highest BCUT2D eigenvalue weighted by Gasteiger charge is 2.47. The van der Waals surface area contributed by atoms with Crippen molar-refractivity contribution in [1.82, 2.24) is 4.90 Å². The quantitative estimate of drug-likeness (QED) is 0.473. The zero-order chi connectivity index (χ0) is 25.9. The van der Waals surface area contributed by atoms with Gasteiger partial charge in [0, 0.05) is 13.2 Å². The first-order valence-corrected chi connectivity index (χ1v) is 13.5. The SMILES string of the molecule is C=CCOC(=O)N1c2cc(C)c(OC)cc2C(=O)N2CC=C(c3ccsc3)C[C@H]2C1OC1CCCCO1. The van der Waals surface area contributed by atoms with Crippen LogP contribution in [0.1, 0.15) is 47.2 Å². The molecular formula is C28H32N2O6S. The van der Waals surface area contributed by atoms with E-state index in [2.05, 4.69) is 24.1 Å². The summed E-state index contributed by atoms with van der Waals surface area (Å²) in [4.78, 5) is 30.9. The van der Waals surface area contributed by atoms with Gasteiger partial charge in [0.05, 0.1) is 24.4 Å². The highest BCUT2D eigenvalue weighted by Crippen LogP contribution is 2.41. The number of carbonyl (C=O) groups excluding carboxylic acids is 2. The first kappa shape index (κ1) is 25.5. The highest BCUT2D eigenvalue weighted by atomic mass is 32.1. The Morgan fingerprint density at radius 1 is 1.32 bits per heavy atom. The minimum Gasteiger partial charge on any atom is -0.496 e. The molecule has 0 N–H and O–H groups in total. The van der Waals surface area contributed by atoms with E-state index in [1.54, 1.807) is 35.5 Å². The van der Waals surface area contributed by atoms with Crippen LogP contribution < -0.4 is 9.64 Å². The molecule has 3 atom stereocenters. The fraction of sp³-hybridized carbons (Fsp3) is 0.429. The fourth-order valence-electron chi connectivity index (χ4n) is 5.19. The number of rotatable bonds is 6. The van der Waals surface area contributed by atoms with Crippen LogP contribution in [0.4, 0.5) is 10.5 Å². The number of carbonyl (C=O) groups is 2. The second-order valence-electron chi connectivity index (χ2n) is 9.37. The third-order valence-electron chi connectivity index (χ3n) is 7.05. The monoisotopic (exact) mass is 524 g/mol. The molecule has 4 heterocycles. The molecule has 9 heteroatoms. The molecule has 0 aliphatic carbocycles. The standard InChI is InChI=1S/C28H32N2O6S/c1-4-11-35-28(32)30-22-14-18(2)24(33-3)16-21(22)26(31)29-10-8-19(20-9-13-37-17-20)15-23(29)27(30)36-25-7-5-6-12-34-25/h4,8-9,13-14,16-17,23,25,27H,1,5-7,10-12,15H2,2-3H3/t23-,25?,27?/m0/s1. The van der Waals surface area contributed by atoms with Crippen LogP contribution in [0.15, 0.2) is 47.7 Å². The minimum absolute atomic E-state index is 0.0365. The van der Waals surface area contributed by atoms with Crippen LogP contribution in [0.3, 0.4) is 0 Å². The van der Waals surface area contributed by atoms with Crippen LogP contribution >= 0.6 is 11.3 Å². The van der Waals surface area contributed by atoms with E-state index >= 15 is 0 Å². The van der Waals surface area contributed by atoms with Crippen molar-refractivity contribution in [3.63, 3.8) is 0 Å². The molecule has 0 radical (unpaired) electrons. The van der Waals surface area contributed by atoms with Gasteiger partial charge in [-0.05, 0) is 78.3 Å². The molecule has 8 nitrogen and oxygen atoms in total. The van der Waals surface area contributed by atoms with Gasteiger partial charge in [0.15, 0.2) is 12.5 Å². The van der Waals surface area contributed by atoms with Crippen molar-refractivity contribution in [2.75, 3.05) is 31.8 Å². The molecule has 1 saturated heterocycles. The van der Waals surface area contributed by atoms with E-state index in [0.717, 1.165) is 29.5 Å². The fourth-order valence-corrected chi connectivity index (χ4v) is 5.87. The van der Waals surface area contributed by atoms with Crippen molar-refractivity contribution >= 4 is 34.6 Å². The molecule has 196 valence electrons. The largest absolute Gasteiger partial charge is 0.496 e. The molecule has 2 unspecified atom stereocenters. The summed E-state index contributed by atoms with van der Waals surface area (Å²) >= 11 is 1.63. The van der Waals surface area contributed by atoms with E-state index < -0.39 is 24.7 Å². The van der Waals surface area contributed by atoms with E-state index in [0.29, 0.717) is 43.0 Å². The van der Waals surface area contributed by atoms with Gasteiger partial charge in [0.2, 0.25) is 0 Å². The summed E-state index contributed by atoms with van der Waals surface area (Å²) in [6.45, 7) is 6.58. The first-order chi connectivity index (χ1) is 18.0. The Morgan fingerprint density at radius 2 is 2.19 bits per heavy atom. The summed E-state index contributed by atoms with van der Waals surface area (Å²) in [6, 6.07) is 5.12. The van der Waals surface area contributed by atoms with Gasteiger partial charge in [-0.3, -0.25) is 4.79 Å². The van der Waals surface area contributed by atoms with Gasteiger partial charge >= 0.3 is 6.09 Å². The molecule has 3 aliphatic rings. The Hall–Kier alpha value is -3.14. The summed E-state index contributed by atoms with van der Waals surface area (Å²) in [6.07, 6.45) is 4.88. The number of hydrogen-bond acceptors (Lipinski definition) is 7. The van der Waals surface area contributed by atoms with Crippen LogP contribution in [-0.4, -0.2) is 62.3 Å². The summed E-state index contributed by atoms with van der Waals surface area (Å²) in [7, 11) is 1.57. The van der Waals surface area contributed by atoms with Crippen LogP contribution in [0.2, 0.25) is 0 Å². The number of thiophene rings is 1. The Labute approximate surface area is 221 Å². The average molecular weight is 525 g/mol. The number of amides is 2. The van der Waals surface area contributed by atoms with Crippen molar-refractivity contribution in [1.29, 1.82) is 0 Å². The third-order valence-corrected chi connectivity index (χ3v) is 7.74. The molecule has 3 aliphatic heterocycles. The molecule has 0 bridgehead atoms. The lowest BCUT2D eigenvalue weighted by Crippen LogP contribution is -2.57. The van der Waals surface area contributed by atoms with Gasteiger partial charge in [0.1, 0.15) is 12.4 Å². The zero-order valence-electron chi connectivity index (χ0n) is 21.2. The second-order valence-corrected chi connectivity index (χ2v) is 10.1. The Balaban J connectivity index is 1.64. The van der Waals surface area contributed by atoms with Gasteiger partial charge in [-0.1, -0.05) is 18.7 Å². The topological polar surface area (TPSA) is 77.5 Å². The lowest BCUT2D eigenvalue weighted by Gasteiger charge is -2.42. The van der Waals surface area contributed by atoms with E-state index in [1.807, 2.05) is 12.3 Å². The molecule has 1 fully saturated rings. The Bertz CT molecular complexity index is 1190. The van der Waals surface area contributed by atoms with Crippen LogP contribution in [0.5, 0.6) is 5.75 Å². The van der Waals surface area contributed by atoms with Crippen molar-refractivity contribution in [2.24, 2.45) is 0 Å². The van der Waals surface area contributed by atoms with Crippen molar-refractivity contribution in [3.05, 3.63) is 64.4 Å². The molecule has 1 aromatic heterocycles. The number of nitrogens with zero attached hydrogens (tertiary/aromatic N) is 2. The van der Waals surface area contributed by atoms with Gasteiger partial charge in [-0.25, -0.2) is 9.69 Å². The predicted molar refractivity (Wildman–Crippen MR) is 142 cm³/mol. The number of aryl methyl sites for hydroxylation is 1. The molecule has 0 spiro atoms. The van der Waals surface area contributed by atoms with E-state index in [4.69, 9.17) is 18.9 Å². The summed E-state index contributed by atoms with van der Waals surface area (Å²) in [5.41, 5.74) is 3.83. The van der Waals surface area contributed by atoms with Crippen LogP contribution in [0.25, 0.3) is 5.57 Å². The number of fused-ring (bicyclic) bond motifs is 2. The molecule has 37 heavy (non-hydrogen) atoms. The predicted octanol–water partition coefficient (Wildman–Crippen LogP) is 5.38. The smallest absolute Gasteiger partial charge is 0.416 e. The highest BCUT2D eigenvalue weighted by molar-refractivity contribution is 7.08. The third kappa shape index (κ3) is 5.03. The van der Waals surface area contributed by atoms with E-state index in [9.17, 15) is 9.59 Å². The lowest BCUT2D eigenvalue weighted by atomic mass is 9.94. The van der Waals surface area contributed by atoms with Gasteiger partial charge in [0.25, 0.3) is 5.91 Å². The molecule has 5 rings (SSSR count). The Morgan fingerprint density at radius 3 is 2.89 bits per heavy atom. The molecule has 2 aromatic rings. The number of methoxy groups -OCH3 is 1. The average Bonchev–Trinajstić information content (AvgIpc) is 3.44. The van der Waals surface area contributed by atoms with Gasteiger partial charge in [-0.2, -0.15) is 11.3 Å². The normalized spacial score (nSPS) is 23.5. The van der Waals surface area contributed by atoms with Crippen LogP contribution in [-0.2, 0) is 14.2 Å². The second kappa shape index (κ2) is 11.1. The molecule has 2 amide bonds. The van der Waals surface area contributed by atoms with E-state index in [-0.39, 0.29) is 12.5 Å². The zero-order valence-corrected chi connectivity index (χ0v) is 22.0. The number of hydrogen-bond donors (Lipinski definition) is 0. The summed E-state index contributed by atoms with van der Waals surface area (Å²) < 4.78 is 23.6. The maximum Gasteiger partial charge on any atom is 0.416 e. The maximum atomic E-state index is 14.0. The van der Waals surface area contributed by atoms with Crippen molar-refractivity contribution in [3.8, 4) is 5.75 Å². The van der Waals surface area contributed by atoms with Crippen molar-refractivity contribution < 1.29 is 28.5 Å². The van der Waals surface area contributed by atoms with Crippen LogP contribution in [0, 0.1) is 6.92 Å². The van der Waals surface area contributed by atoms with Crippen molar-refractivity contribution in [2.45, 2.75) is 51.2 Å².